The number of nitrogens with zero attached hydrogens (tertiary/aromatic N) is 2. The highest BCUT2D eigenvalue weighted by atomic mass is 32.1. The second kappa shape index (κ2) is 8.49. The lowest BCUT2D eigenvalue weighted by molar-refractivity contribution is -0.121. The van der Waals surface area contributed by atoms with E-state index in [4.69, 9.17) is 0 Å². The highest BCUT2D eigenvalue weighted by molar-refractivity contribution is 7.16. The number of fused-ring (bicyclic) bond motifs is 2. The van der Waals surface area contributed by atoms with E-state index in [9.17, 15) is 9.59 Å². The first-order chi connectivity index (χ1) is 15.2. The van der Waals surface area contributed by atoms with Crippen LogP contribution in [0.4, 0.5) is 0 Å². The number of benzene rings is 1. The standard InChI is InChI=1S/C23H20N4O2S2/c28-21(7-9-27-14-26-22-16(23(27)29)8-11-31-22)25-13-18(20-6-3-10-30-20)17-12-24-19-5-2-1-4-15(17)19/h1-6,8,10-12,14,18,24H,7,9,13H2,(H,25,28)/t18-/m1/s1. The minimum absolute atomic E-state index is 0.0617. The van der Waals surface area contributed by atoms with Crippen LogP contribution in [0.1, 0.15) is 22.8 Å². The number of H-pyrrole nitrogens is 1. The molecule has 4 heterocycles. The van der Waals surface area contributed by atoms with Gasteiger partial charge in [0, 0.05) is 47.4 Å². The largest absolute Gasteiger partial charge is 0.361 e. The van der Waals surface area contributed by atoms with Crippen LogP contribution in [-0.4, -0.2) is 27.0 Å². The number of carbonyl (C=O) groups is 1. The molecular formula is C23H20N4O2S2. The third-order valence-corrected chi connectivity index (χ3v) is 7.22. The Balaban J connectivity index is 1.29. The minimum atomic E-state index is -0.102. The normalized spacial score (nSPS) is 12.4. The van der Waals surface area contributed by atoms with E-state index in [1.807, 2.05) is 29.8 Å². The van der Waals surface area contributed by atoms with Gasteiger partial charge in [-0.1, -0.05) is 24.3 Å². The van der Waals surface area contributed by atoms with Crippen LogP contribution < -0.4 is 10.9 Å². The van der Waals surface area contributed by atoms with E-state index in [1.54, 1.807) is 17.4 Å². The van der Waals surface area contributed by atoms with Gasteiger partial charge in [0.2, 0.25) is 5.91 Å². The predicted octanol–water partition coefficient (Wildman–Crippen LogP) is 4.34. The summed E-state index contributed by atoms with van der Waals surface area (Å²) in [6.45, 7) is 0.804. The Morgan fingerprint density at radius 1 is 1.10 bits per heavy atom. The van der Waals surface area contributed by atoms with Crippen molar-refractivity contribution in [2.24, 2.45) is 0 Å². The van der Waals surface area contributed by atoms with Crippen molar-refractivity contribution in [1.82, 2.24) is 19.9 Å². The Bertz CT molecular complexity index is 1400. The van der Waals surface area contributed by atoms with Gasteiger partial charge >= 0.3 is 0 Å². The molecule has 31 heavy (non-hydrogen) atoms. The van der Waals surface area contributed by atoms with Crippen molar-refractivity contribution >= 4 is 49.7 Å². The summed E-state index contributed by atoms with van der Waals surface area (Å²) in [5.74, 6) is -0.0228. The van der Waals surface area contributed by atoms with E-state index in [-0.39, 0.29) is 23.8 Å². The molecule has 5 rings (SSSR count). The number of aryl methyl sites for hydroxylation is 1. The number of amides is 1. The SMILES string of the molecule is O=C(CCn1cnc2sccc2c1=O)NC[C@@H](c1cccs1)c1c[nH]c2ccccc12. The van der Waals surface area contributed by atoms with Gasteiger partial charge in [0.25, 0.3) is 5.56 Å². The first-order valence-electron chi connectivity index (χ1n) is 9.99. The fraction of sp³-hybridized carbons (Fsp3) is 0.174. The quantitative estimate of drug-likeness (QED) is 0.389. The number of hydrogen-bond donors (Lipinski definition) is 2. The molecule has 0 aliphatic rings. The van der Waals surface area contributed by atoms with Gasteiger partial charge in [-0.05, 0) is 34.5 Å². The molecule has 0 spiro atoms. The second-order valence-corrected chi connectivity index (χ2v) is 9.17. The minimum Gasteiger partial charge on any atom is -0.361 e. The van der Waals surface area contributed by atoms with Gasteiger partial charge in [0.05, 0.1) is 11.7 Å². The molecule has 0 fully saturated rings. The van der Waals surface area contributed by atoms with Crippen molar-refractivity contribution in [3.05, 3.63) is 86.5 Å². The van der Waals surface area contributed by atoms with Crippen LogP contribution in [0.2, 0.25) is 0 Å². The Morgan fingerprint density at radius 3 is 2.87 bits per heavy atom. The smallest absolute Gasteiger partial charge is 0.262 e. The van der Waals surface area contributed by atoms with Gasteiger partial charge in [-0.15, -0.1) is 22.7 Å². The highest BCUT2D eigenvalue weighted by Gasteiger charge is 2.20. The number of aromatic amines is 1. The molecule has 1 atom stereocenters. The number of hydrogen-bond acceptors (Lipinski definition) is 5. The van der Waals surface area contributed by atoms with Crippen molar-refractivity contribution in [3.63, 3.8) is 0 Å². The van der Waals surface area contributed by atoms with Crippen LogP contribution >= 0.6 is 22.7 Å². The Kier molecular flexibility index (Phi) is 5.40. The monoisotopic (exact) mass is 448 g/mol. The van der Waals surface area contributed by atoms with Gasteiger partial charge < -0.3 is 10.3 Å². The Labute approximate surface area is 186 Å². The second-order valence-electron chi connectivity index (χ2n) is 7.29. The van der Waals surface area contributed by atoms with Crippen molar-refractivity contribution in [3.8, 4) is 0 Å². The maximum absolute atomic E-state index is 12.6. The third kappa shape index (κ3) is 3.92. The highest BCUT2D eigenvalue weighted by Crippen LogP contribution is 2.32. The van der Waals surface area contributed by atoms with Crippen molar-refractivity contribution in [1.29, 1.82) is 0 Å². The lowest BCUT2D eigenvalue weighted by Gasteiger charge is -2.16. The van der Waals surface area contributed by atoms with Crippen LogP contribution in [0.5, 0.6) is 0 Å². The summed E-state index contributed by atoms with van der Waals surface area (Å²) in [5.41, 5.74) is 2.15. The summed E-state index contributed by atoms with van der Waals surface area (Å²) in [6, 6.07) is 14.1. The van der Waals surface area contributed by atoms with Crippen LogP contribution in [0, 0.1) is 0 Å². The van der Waals surface area contributed by atoms with E-state index in [2.05, 4.69) is 38.9 Å². The lowest BCUT2D eigenvalue weighted by atomic mass is 9.96. The van der Waals surface area contributed by atoms with Crippen molar-refractivity contribution < 1.29 is 4.79 Å². The number of para-hydroxylation sites is 1. The summed E-state index contributed by atoms with van der Waals surface area (Å²) < 4.78 is 1.51. The van der Waals surface area contributed by atoms with Crippen molar-refractivity contribution in [2.75, 3.05) is 6.54 Å². The van der Waals surface area contributed by atoms with E-state index >= 15 is 0 Å². The molecule has 2 N–H and O–H groups in total. The van der Waals surface area contributed by atoms with Gasteiger partial charge in [-0.25, -0.2) is 4.98 Å². The fourth-order valence-corrected chi connectivity index (χ4v) is 5.38. The summed E-state index contributed by atoms with van der Waals surface area (Å²) in [6.07, 6.45) is 3.78. The molecule has 1 aromatic carbocycles. The summed E-state index contributed by atoms with van der Waals surface area (Å²) in [5, 5.41) is 8.74. The molecule has 0 saturated heterocycles. The zero-order valence-electron chi connectivity index (χ0n) is 16.6. The van der Waals surface area contributed by atoms with Crippen LogP contribution in [0.3, 0.4) is 0 Å². The van der Waals surface area contributed by atoms with E-state index in [0.29, 0.717) is 18.5 Å². The van der Waals surface area contributed by atoms with E-state index in [1.165, 1.54) is 32.7 Å². The van der Waals surface area contributed by atoms with Crippen LogP contribution in [-0.2, 0) is 11.3 Å². The maximum Gasteiger partial charge on any atom is 0.262 e. The first-order valence-corrected chi connectivity index (χ1v) is 11.8. The molecule has 0 aliphatic heterocycles. The van der Waals surface area contributed by atoms with Crippen molar-refractivity contribution in [2.45, 2.75) is 18.9 Å². The molecule has 1 amide bonds. The molecule has 0 unspecified atom stereocenters. The summed E-state index contributed by atoms with van der Waals surface area (Å²) in [4.78, 5) is 34.7. The molecule has 8 heteroatoms. The molecule has 0 radical (unpaired) electrons. The Morgan fingerprint density at radius 2 is 2.00 bits per heavy atom. The number of carbonyl (C=O) groups excluding carboxylic acids is 1. The van der Waals surface area contributed by atoms with E-state index < -0.39 is 0 Å². The molecule has 0 saturated carbocycles. The Hall–Kier alpha value is -3.23. The lowest BCUT2D eigenvalue weighted by Crippen LogP contribution is -2.30. The van der Waals surface area contributed by atoms with E-state index in [0.717, 1.165) is 15.7 Å². The molecular weight excluding hydrogens is 428 g/mol. The molecule has 0 aliphatic carbocycles. The molecule has 4 aromatic heterocycles. The van der Waals surface area contributed by atoms with Gasteiger partial charge in [0.1, 0.15) is 4.83 Å². The average molecular weight is 449 g/mol. The zero-order valence-corrected chi connectivity index (χ0v) is 18.2. The fourth-order valence-electron chi connectivity index (χ4n) is 3.81. The van der Waals surface area contributed by atoms with Crippen LogP contribution in [0.15, 0.2) is 70.5 Å². The van der Waals surface area contributed by atoms with Crippen LogP contribution in [0.25, 0.3) is 21.1 Å². The predicted molar refractivity (Wildman–Crippen MR) is 126 cm³/mol. The van der Waals surface area contributed by atoms with Gasteiger partial charge in [-0.3, -0.25) is 14.2 Å². The molecule has 5 aromatic rings. The molecule has 156 valence electrons. The zero-order chi connectivity index (χ0) is 21.2. The number of thiophene rings is 2. The number of rotatable bonds is 7. The average Bonchev–Trinajstić information content (AvgIpc) is 3.55. The number of aromatic nitrogens is 3. The molecule has 0 bridgehead atoms. The van der Waals surface area contributed by atoms with Gasteiger partial charge in [-0.2, -0.15) is 0 Å². The topological polar surface area (TPSA) is 79.8 Å². The first kappa shape index (κ1) is 19.7. The number of nitrogens with one attached hydrogen (secondary N) is 2. The third-order valence-electron chi connectivity index (χ3n) is 5.42. The van der Waals surface area contributed by atoms with Gasteiger partial charge in [0.15, 0.2) is 0 Å². The summed E-state index contributed by atoms with van der Waals surface area (Å²) in [7, 11) is 0. The maximum atomic E-state index is 12.6. The molecule has 6 nitrogen and oxygen atoms in total. The summed E-state index contributed by atoms with van der Waals surface area (Å²) >= 11 is 3.12.